The third kappa shape index (κ3) is 9.11. The van der Waals surface area contributed by atoms with Gasteiger partial charge in [-0.15, -0.1) is 0 Å². The Morgan fingerprint density at radius 1 is 1.05 bits per heavy atom. The number of rotatable bonds is 8. The van der Waals surface area contributed by atoms with E-state index < -0.39 is 35.7 Å². The van der Waals surface area contributed by atoms with Crippen molar-refractivity contribution in [3.63, 3.8) is 0 Å². The number of carbonyl (C=O) groups excluding carboxylic acids is 4. The second kappa shape index (κ2) is 14.5. The number of likely N-dealkylation sites (N-methyl/N-ethyl adjacent to an activating group) is 1. The van der Waals surface area contributed by atoms with Crippen molar-refractivity contribution in [2.45, 2.75) is 98.4 Å². The summed E-state index contributed by atoms with van der Waals surface area (Å²) < 4.78 is 5.41. The number of aryl methyl sites for hydroxylation is 1. The Morgan fingerprint density at radius 2 is 1.72 bits per heavy atom. The first-order valence-electron chi connectivity index (χ1n) is 15.6. The molecule has 0 bridgehead atoms. The molecule has 0 spiro atoms. The Kier molecular flexibility index (Phi) is 11.5. The van der Waals surface area contributed by atoms with E-state index in [2.05, 4.69) is 35.1 Å². The normalized spacial score (nSPS) is 20.0. The summed E-state index contributed by atoms with van der Waals surface area (Å²) in [5, 5.41) is 2.87. The van der Waals surface area contributed by atoms with Gasteiger partial charge in [0.1, 0.15) is 23.7 Å². The van der Waals surface area contributed by atoms with E-state index in [0.29, 0.717) is 32.0 Å². The summed E-state index contributed by atoms with van der Waals surface area (Å²) in [5.74, 6) is -0.972. The molecular weight excluding hydrogens is 546 g/mol. The van der Waals surface area contributed by atoms with Gasteiger partial charge in [0, 0.05) is 33.2 Å². The fourth-order valence-corrected chi connectivity index (χ4v) is 5.56. The Morgan fingerprint density at radius 3 is 2.35 bits per heavy atom. The lowest BCUT2D eigenvalue weighted by Crippen LogP contribution is -2.63. The van der Waals surface area contributed by atoms with Crippen molar-refractivity contribution in [1.29, 1.82) is 0 Å². The fraction of sp³-hybridized carbons (Fsp3) is 0.667. The van der Waals surface area contributed by atoms with Gasteiger partial charge in [-0.2, -0.15) is 0 Å². The molecule has 1 aliphatic heterocycles. The third-order valence-corrected chi connectivity index (χ3v) is 7.96. The summed E-state index contributed by atoms with van der Waals surface area (Å²) in [7, 11) is 1.50. The smallest absolute Gasteiger partial charge is 0.410 e. The number of hydrogen-bond acceptors (Lipinski definition) is 6. The van der Waals surface area contributed by atoms with E-state index in [1.165, 1.54) is 17.5 Å². The number of nitrogens with zero attached hydrogens (tertiary/aromatic N) is 4. The maximum atomic E-state index is 14.1. The van der Waals surface area contributed by atoms with Crippen molar-refractivity contribution < 1.29 is 23.9 Å². The predicted molar refractivity (Wildman–Crippen MR) is 168 cm³/mol. The Balaban J connectivity index is 1.84. The molecule has 10 heteroatoms. The van der Waals surface area contributed by atoms with Crippen molar-refractivity contribution in [2.24, 2.45) is 16.8 Å². The number of fused-ring (bicyclic) bond motifs is 1. The van der Waals surface area contributed by atoms with Crippen molar-refractivity contribution in [3.05, 3.63) is 35.4 Å². The highest BCUT2D eigenvalue weighted by atomic mass is 16.6. The van der Waals surface area contributed by atoms with Crippen LogP contribution in [0.4, 0.5) is 4.79 Å². The summed E-state index contributed by atoms with van der Waals surface area (Å²) in [4.78, 5) is 63.5. The zero-order valence-electron chi connectivity index (χ0n) is 27.5. The molecule has 0 saturated carbocycles. The van der Waals surface area contributed by atoms with Gasteiger partial charge in [0.25, 0.3) is 5.91 Å². The Bertz CT molecular complexity index is 1200. The maximum absolute atomic E-state index is 14.1. The van der Waals surface area contributed by atoms with Gasteiger partial charge < -0.3 is 15.0 Å². The number of ether oxygens (including phenoxy) is 1. The van der Waals surface area contributed by atoms with Crippen LogP contribution in [-0.2, 0) is 25.5 Å². The minimum absolute atomic E-state index is 0.253. The van der Waals surface area contributed by atoms with E-state index in [1.54, 1.807) is 32.6 Å². The van der Waals surface area contributed by atoms with Crippen LogP contribution in [0.1, 0.15) is 79.4 Å². The van der Waals surface area contributed by atoms with E-state index in [0.717, 1.165) is 30.7 Å². The molecule has 238 valence electrons. The van der Waals surface area contributed by atoms with E-state index in [9.17, 15) is 19.2 Å². The van der Waals surface area contributed by atoms with Crippen LogP contribution >= 0.6 is 0 Å². The zero-order valence-corrected chi connectivity index (χ0v) is 27.5. The minimum Gasteiger partial charge on any atom is -0.444 e. The minimum atomic E-state index is -0.878. The maximum Gasteiger partial charge on any atom is 0.410 e. The number of nitrogens with one attached hydrogen (secondary N) is 1. The van der Waals surface area contributed by atoms with E-state index >= 15 is 0 Å². The van der Waals surface area contributed by atoms with Crippen LogP contribution in [-0.4, -0.2) is 101 Å². The molecule has 1 N–H and O–H groups in total. The average Bonchev–Trinajstić information content (AvgIpc) is 2.93. The van der Waals surface area contributed by atoms with Crippen LogP contribution in [0.3, 0.4) is 0 Å². The number of hydrogen-bond donors (Lipinski definition) is 1. The first-order chi connectivity index (χ1) is 20.1. The highest BCUT2D eigenvalue weighted by Crippen LogP contribution is 2.23. The molecule has 1 aliphatic carbocycles. The van der Waals surface area contributed by atoms with Crippen LogP contribution < -0.4 is 5.32 Å². The number of aliphatic imine (C=N–C) groups is 1. The number of benzene rings is 1. The molecule has 43 heavy (non-hydrogen) atoms. The third-order valence-electron chi connectivity index (χ3n) is 7.96. The van der Waals surface area contributed by atoms with Gasteiger partial charge in [-0.05, 0) is 69.9 Å². The molecule has 0 aromatic heterocycles. The molecule has 4 amide bonds. The van der Waals surface area contributed by atoms with Gasteiger partial charge in [-0.3, -0.25) is 24.2 Å². The monoisotopic (exact) mass is 597 g/mol. The van der Waals surface area contributed by atoms with E-state index in [-0.39, 0.29) is 17.7 Å². The van der Waals surface area contributed by atoms with Crippen LogP contribution in [0.25, 0.3) is 0 Å². The molecule has 3 atom stereocenters. The molecule has 1 fully saturated rings. The quantitative estimate of drug-likeness (QED) is 0.487. The lowest BCUT2D eigenvalue weighted by Gasteiger charge is -2.42. The van der Waals surface area contributed by atoms with E-state index in [1.807, 2.05) is 32.0 Å². The summed E-state index contributed by atoms with van der Waals surface area (Å²) in [6.07, 6.45) is 1.97. The predicted octanol–water partition coefficient (Wildman–Crippen LogP) is 3.90. The standard InChI is InChI=1S/C33H51N5O5/c1-21(2)19-37-17-18-38(27(20-37)30(40)34-26-16-12-14-24-13-10-11-15-25(24)26)31(41)28(22(3)4)35-29(39)23(5)36(9)32(42)43-33(6,7)8/h10-11,13,15,21-23,27-28H,12,14,16-20H2,1-9H3,(H,35,39)/t23-,27-,28-/m0/s1. The second-order valence-electron chi connectivity index (χ2n) is 13.6. The van der Waals surface area contributed by atoms with Gasteiger partial charge in [-0.1, -0.05) is 52.0 Å². The van der Waals surface area contributed by atoms with Gasteiger partial charge in [0.15, 0.2) is 0 Å². The van der Waals surface area contributed by atoms with Crippen molar-refractivity contribution in [3.8, 4) is 0 Å². The molecular formula is C33H51N5O5. The summed E-state index contributed by atoms with van der Waals surface area (Å²) in [6.45, 7) is 17.0. The zero-order chi connectivity index (χ0) is 32.1. The Hall–Kier alpha value is -3.27. The molecule has 1 aromatic carbocycles. The van der Waals surface area contributed by atoms with Crippen LogP contribution in [0.5, 0.6) is 0 Å². The number of piperazine rings is 1. The fourth-order valence-electron chi connectivity index (χ4n) is 5.56. The highest BCUT2D eigenvalue weighted by molar-refractivity contribution is 6.09. The van der Waals surface area contributed by atoms with Gasteiger partial charge in [-0.25, -0.2) is 9.79 Å². The topological polar surface area (TPSA) is 112 Å². The Labute approximate surface area is 257 Å². The van der Waals surface area contributed by atoms with Gasteiger partial charge >= 0.3 is 6.09 Å². The molecule has 3 rings (SSSR count). The van der Waals surface area contributed by atoms with Crippen molar-refractivity contribution >= 4 is 29.5 Å². The SMILES string of the molecule is CC(C)CN1CCN(C(=O)[C@@H](NC(=O)[C@H](C)N(C)C(=O)OC(C)(C)C)C(C)C)[C@H](C(=O)N=C2CCCc3ccccc32)C1. The van der Waals surface area contributed by atoms with Crippen molar-refractivity contribution in [2.75, 3.05) is 33.2 Å². The molecule has 1 heterocycles. The number of amides is 4. The molecule has 2 aliphatic rings. The first-order valence-corrected chi connectivity index (χ1v) is 15.6. The molecule has 1 aromatic rings. The van der Waals surface area contributed by atoms with Crippen molar-refractivity contribution in [1.82, 2.24) is 20.0 Å². The second-order valence-corrected chi connectivity index (χ2v) is 13.6. The van der Waals surface area contributed by atoms with Gasteiger partial charge in [0.05, 0.1) is 5.71 Å². The largest absolute Gasteiger partial charge is 0.444 e. The lowest BCUT2D eigenvalue weighted by atomic mass is 9.90. The molecule has 0 unspecified atom stereocenters. The molecule has 10 nitrogen and oxygen atoms in total. The molecule has 1 saturated heterocycles. The van der Waals surface area contributed by atoms with Crippen LogP contribution in [0, 0.1) is 11.8 Å². The summed E-state index contributed by atoms with van der Waals surface area (Å²) >= 11 is 0. The van der Waals surface area contributed by atoms with Crippen LogP contribution in [0.15, 0.2) is 29.3 Å². The first kappa shape index (κ1) is 34.2. The van der Waals surface area contributed by atoms with Crippen LogP contribution in [0.2, 0.25) is 0 Å². The lowest BCUT2D eigenvalue weighted by molar-refractivity contribution is -0.147. The summed E-state index contributed by atoms with van der Waals surface area (Å²) in [5.41, 5.74) is 2.25. The average molecular weight is 598 g/mol. The van der Waals surface area contributed by atoms with Gasteiger partial charge in [0.2, 0.25) is 11.8 Å². The summed E-state index contributed by atoms with van der Waals surface area (Å²) in [6, 6.07) is 5.53. The number of carbonyl (C=O) groups is 4. The van der Waals surface area contributed by atoms with E-state index in [4.69, 9.17) is 4.74 Å². The molecule has 0 radical (unpaired) electrons. The highest BCUT2D eigenvalue weighted by Gasteiger charge is 2.40.